The Kier molecular flexibility index (Phi) is 7.00. The van der Waals surface area contributed by atoms with Gasteiger partial charge in [0, 0.05) is 11.9 Å². The van der Waals surface area contributed by atoms with E-state index < -0.39 is 23.5 Å². The van der Waals surface area contributed by atoms with E-state index in [9.17, 15) is 14.7 Å². The highest BCUT2D eigenvalue weighted by molar-refractivity contribution is 6.52. The average molecular weight is 513 g/mol. The van der Waals surface area contributed by atoms with Crippen LogP contribution in [0.4, 0.5) is 5.69 Å². The number of benzene rings is 2. The summed E-state index contributed by atoms with van der Waals surface area (Å²) in [5.74, 6) is -1.96. The molecule has 1 atom stereocenters. The summed E-state index contributed by atoms with van der Waals surface area (Å²) in [7, 11) is 2.75. The first-order chi connectivity index (χ1) is 16.8. The van der Waals surface area contributed by atoms with Crippen LogP contribution in [-0.2, 0) is 16.0 Å². The van der Waals surface area contributed by atoms with Gasteiger partial charge in [0.25, 0.3) is 11.7 Å². The third-order valence-corrected chi connectivity index (χ3v) is 6.45. The average Bonchev–Trinajstić information content (AvgIpc) is 3.14. The van der Waals surface area contributed by atoms with Crippen LogP contribution >= 0.6 is 23.2 Å². The molecular weight excluding hydrogens is 491 g/mol. The van der Waals surface area contributed by atoms with Gasteiger partial charge < -0.3 is 14.6 Å². The number of aromatic nitrogens is 1. The number of aliphatic hydroxyl groups is 1. The summed E-state index contributed by atoms with van der Waals surface area (Å²) in [4.78, 5) is 32.3. The van der Waals surface area contributed by atoms with Crippen LogP contribution in [0.25, 0.3) is 5.76 Å². The first kappa shape index (κ1) is 24.6. The van der Waals surface area contributed by atoms with E-state index >= 15 is 0 Å². The summed E-state index contributed by atoms with van der Waals surface area (Å²) in [5, 5.41) is 11.5. The standard InChI is InChI=1S/C26H22Cl2N2O5/c1-4-14-8-10-15(11-9-14)30-21(18-7-5-6-12-29-18)19(23(32)26(30)33)22(31)16-13-17(27)25(35-3)20(28)24(16)34-2/h5-13,21,31H,4H2,1-3H3/b22-19+. The van der Waals surface area contributed by atoms with Crippen molar-refractivity contribution in [3.63, 3.8) is 0 Å². The first-order valence-electron chi connectivity index (χ1n) is 10.7. The third kappa shape index (κ3) is 4.22. The van der Waals surface area contributed by atoms with E-state index in [0.717, 1.165) is 12.0 Å². The summed E-state index contributed by atoms with van der Waals surface area (Å²) in [6, 6.07) is 12.8. The van der Waals surface area contributed by atoms with Gasteiger partial charge in [-0.1, -0.05) is 48.3 Å². The highest BCUT2D eigenvalue weighted by Gasteiger charge is 2.48. The highest BCUT2D eigenvalue weighted by Crippen LogP contribution is 2.47. The first-order valence-corrected chi connectivity index (χ1v) is 11.5. The number of methoxy groups -OCH3 is 2. The van der Waals surface area contributed by atoms with Gasteiger partial charge in [-0.25, -0.2) is 0 Å². The van der Waals surface area contributed by atoms with Gasteiger partial charge in [0.2, 0.25) is 0 Å². The van der Waals surface area contributed by atoms with E-state index in [0.29, 0.717) is 11.4 Å². The lowest BCUT2D eigenvalue weighted by Gasteiger charge is -2.25. The number of nitrogens with zero attached hydrogens (tertiary/aromatic N) is 2. The Balaban J connectivity index is 1.98. The van der Waals surface area contributed by atoms with Crippen LogP contribution in [0, 0.1) is 0 Å². The summed E-state index contributed by atoms with van der Waals surface area (Å²) in [6.07, 6.45) is 2.37. The largest absolute Gasteiger partial charge is 0.507 e. The summed E-state index contributed by atoms with van der Waals surface area (Å²) >= 11 is 12.7. The van der Waals surface area contributed by atoms with Crippen LogP contribution in [0.2, 0.25) is 10.0 Å². The van der Waals surface area contributed by atoms with E-state index in [1.807, 2.05) is 19.1 Å². The van der Waals surface area contributed by atoms with Crippen molar-refractivity contribution in [3.05, 3.63) is 87.2 Å². The van der Waals surface area contributed by atoms with E-state index in [2.05, 4.69) is 4.98 Å². The number of rotatable bonds is 6. The number of aryl methyl sites for hydroxylation is 1. The van der Waals surface area contributed by atoms with Crippen molar-refractivity contribution in [2.24, 2.45) is 0 Å². The Hall–Kier alpha value is -3.55. The second kappa shape index (κ2) is 9.98. The van der Waals surface area contributed by atoms with Gasteiger partial charge in [0.1, 0.15) is 16.8 Å². The number of amides is 1. The molecule has 2 heterocycles. The molecule has 1 fully saturated rings. The Labute approximate surface area is 212 Å². The smallest absolute Gasteiger partial charge is 0.300 e. The minimum Gasteiger partial charge on any atom is -0.507 e. The Morgan fingerprint density at radius 1 is 1.06 bits per heavy atom. The van der Waals surface area contributed by atoms with Gasteiger partial charge in [-0.2, -0.15) is 0 Å². The van der Waals surface area contributed by atoms with E-state index in [1.54, 1.807) is 36.5 Å². The molecule has 2 aromatic carbocycles. The second-order valence-corrected chi connectivity index (χ2v) is 8.52. The zero-order valence-corrected chi connectivity index (χ0v) is 20.7. The second-order valence-electron chi connectivity index (χ2n) is 7.73. The number of pyridine rings is 1. The molecule has 0 aliphatic carbocycles. The maximum absolute atomic E-state index is 13.3. The Morgan fingerprint density at radius 3 is 2.31 bits per heavy atom. The quantitative estimate of drug-likeness (QED) is 0.263. The molecule has 1 N–H and O–H groups in total. The number of carbonyl (C=O) groups excluding carboxylic acids is 2. The van der Waals surface area contributed by atoms with Gasteiger partial charge in [0.15, 0.2) is 11.5 Å². The topological polar surface area (TPSA) is 89.0 Å². The van der Waals surface area contributed by atoms with Crippen molar-refractivity contribution >= 4 is 46.3 Å². The molecule has 7 nitrogen and oxygen atoms in total. The maximum Gasteiger partial charge on any atom is 0.300 e. The molecule has 4 rings (SSSR count). The molecule has 9 heteroatoms. The van der Waals surface area contributed by atoms with Crippen LogP contribution in [0.1, 0.15) is 29.8 Å². The predicted octanol–water partition coefficient (Wildman–Crippen LogP) is 5.59. The number of aliphatic hydroxyl groups excluding tert-OH is 1. The molecule has 1 aliphatic rings. The van der Waals surface area contributed by atoms with Crippen LogP contribution < -0.4 is 14.4 Å². The Morgan fingerprint density at radius 2 is 1.74 bits per heavy atom. The fourth-order valence-electron chi connectivity index (χ4n) is 4.10. The maximum atomic E-state index is 13.3. The van der Waals surface area contributed by atoms with E-state index in [-0.39, 0.29) is 32.7 Å². The van der Waals surface area contributed by atoms with Crippen molar-refractivity contribution < 1.29 is 24.2 Å². The molecule has 0 spiro atoms. The van der Waals surface area contributed by atoms with Gasteiger partial charge in [-0.3, -0.25) is 19.5 Å². The third-order valence-electron chi connectivity index (χ3n) is 5.83. The molecule has 35 heavy (non-hydrogen) atoms. The van der Waals surface area contributed by atoms with Crippen LogP contribution in [0.5, 0.6) is 11.5 Å². The predicted molar refractivity (Wildman–Crippen MR) is 134 cm³/mol. The fourth-order valence-corrected chi connectivity index (χ4v) is 4.79. The van der Waals surface area contributed by atoms with Crippen molar-refractivity contribution in [3.8, 4) is 11.5 Å². The molecule has 1 aromatic heterocycles. The molecule has 1 aliphatic heterocycles. The lowest BCUT2D eigenvalue weighted by Crippen LogP contribution is -2.29. The number of ketones is 1. The minimum absolute atomic E-state index is 0.0165. The van der Waals surface area contributed by atoms with Crippen LogP contribution in [-0.4, -0.2) is 36.0 Å². The number of hydrogen-bond acceptors (Lipinski definition) is 6. The molecule has 0 radical (unpaired) electrons. The molecule has 180 valence electrons. The molecule has 0 bridgehead atoms. The number of hydrogen-bond donors (Lipinski definition) is 1. The Bertz CT molecular complexity index is 1320. The number of Topliss-reactive ketones (excluding diaryl/α,β-unsaturated/α-hetero) is 1. The fraction of sp³-hybridized carbons (Fsp3) is 0.192. The molecule has 1 saturated heterocycles. The van der Waals surface area contributed by atoms with Crippen molar-refractivity contribution in [1.82, 2.24) is 4.98 Å². The van der Waals surface area contributed by atoms with Crippen molar-refractivity contribution in [1.29, 1.82) is 0 Å². The summed E-state index contributed by atoms with van der Waals surface area (Å²) in [5.41, 5.74) is 1.86. The molecule has 3 aromatic rings. The number of carbonyl (C=O) groups is 2. The summed E-state index contributed by atoms with van der Waals surface area (Å²) < 4.78 is 10.6. The van der Waals surface area contributed by atoms with Crippen LogP contribution in [0.3, 0.4) is 0 Å². The normalized spacial score (nSPS) is 17.1. The van der Waals surface area contributed by atoms with Gasteiger partial charge in [-0.15, -0.1) is 0 Å². The number of anilines is 1. The molecule has 1 amide bonds. The van der Waals surface area contributed by atoms with Crippen LogP contribution in [0.15, 0.2) is 60.3 Å². The molecule has 0 saturated carbocycles. The van der Waals surface area contributed by atoms with E-state index in [1.165, 1.54) is 25.2 Å². The van der Waals surface area contributed by atoms with Crippen molar-refractivity contribution in [2.45, 2.75) is 19.4 Å². The van der Waals surface area contributed by atoms with Gasteiger partial charge in [-0.05, 0) is 42.3 Å². The zero-order valence-electron chi connectivity index (χ0n) is 19.2. The lowest BCUT2D eigenvalue weighted by molar-refractivity contribution is -0.132. The van der Waals surface area contributed by atoms with Gasteiger partial charge in [0.05, 0.1) is 36.1 Å². The molecular formula is C26H22Cl2N2O5. The summed E-state index contributed by atoms with van der Waals surface area (Å²) in [6.45, 7) is 2.02. The zero-order chi connectivity index (χ0) is 25.3. The lowest BCUT2D eigenvalue weighted by atomic mass is 9.97. The van der Waals surface area contributed by atoms with Crippen molar-refractivity contribution in [2.75, 3.05) is 19.1 Å². The highest BCUT2D eigenvalue weighted by atomic mass is 35.5. The van der Waals surface area contributed by atoms with E-state index in [4.69, 9.17) is 32.7 Å². The minimum atomic E-state index is -0.993. The number of ether oxygens (including phenoxy) is 2. The van der Waals surface area contributed by atoms with Gasteiger partial charge >= 0.3 is 0 Å². The number of halogens is 2. The SMILES string of the molecule is CCc1ccc(N2C(=O)C(=O)/C(=C(/O)c3cc(Cl)c(OC)c(Cl)c3OC)C2c2ccccn2)cc1. The molecule has 1 unspecified atom stereocenters. The monoisotopic (exact) mass is 512 g/mol.